The Morgan fingerprint density at radius 3 is 3.00 bits per heavy atom. The summed E-state index contributed by atoms with van der Waals surface area (Å²) in [4.78, 5) is 3.52. The Labute approximate surface area is 82.8 Å². The molecule has 0 aromatic carbocycles. The van der Waals surface area contributed by atoms with Gasteiger partial charge in [0.15, 0.2) is 0 Å². The molecule has 2 heterocycles. The van der Waals surface area contributed by atoms with Crippen molar-refractivity contribution in [2.24, 2.45) is 5.92 Å². The van der Waals surface area contributed by atoms with Crippen LogP contribution in [0.4, 0.5) is 0 Å². The van der Waals surface area contributed by atoms with Crippen LogP contribution in [0.1, 0.15) is 16.1 Å². The van der Waals surface area contributed by atoms with E-state index in [4.69, 9.17) is 0 Å². The van der Waals surface area contributed by atoms with Crippen LogP contribution >= 0.6 is 11.3 Å². The van der Waals surface area contributed by atoms with E-state index < -0.39 is 0 Å². The van der Waals surface area contributed by atoms with Crippen molar-refractivity contribution in [3.8, 4) is 0 Å². The second kappa shape index (κ2) is 2.73. The van der Waals surface area contributed by atoms with E-state index in [1.54, 1.807) is 4.88 Å². The van der Waals surface area contributed by atoms with E-state index in [0.29, 0.717) is 0 Å². The van der Waals surface area contributed by atoms with Crippen molar-refractivity contribution in [3.05, 3.63) is 34.5 Å². The molecule has 1 aromatic heterocycles. The molecule has 1 fully saturated rings. The van der Waals surface area contributed by atoms with Gasteiger partial charge in [-0.2, -0.15) is 0 Å². The zero-order valence-corrected chi connectivity index (χ0v) is 9.17. The second-order valence-corrected chi connectivity index (χ2v) is 7.28. The SMILES string of the molecule is C1=C[C@H]2C[C@@H]1[C@@H](c1cccs1)[Se]2. The quantitative estimate of drug-likeness (QED) is 0.524. The van der Waals surface area contributed by atoms with Crippen LogP contribution in [-0.2, 0) is 0 Å². The van der Waals surface area contributed by atoms with E-state index in [0.717, 1.165) is 30.5 Å². The topological polar surface area (TPSA) is 0 Å². The van der Waals surface area contributed by atoms with Crippen molar-refractivity contribution in [2.45, 2.75) is 16.1 Å². The van der Waals surface area contributed by atoms with E-state index in [1.165, 1.54) is 6.42 Å². The molecule has 2 bridgehead atoms. The number of hydrogen-bond donors (Lipinski definition) is 0. The van der Waals surface area contributed by atoms with Crippen molar-refractivity contribution in [2.75, 3.05) is 0 Å². The Bertz CT molecular complexity index is 302. The second-order valence-electron chi connectivity index (χ2n) is 3.40. The van der Waals surface area contributed by atoms with E-state index in [-0.39, 0.29) is 0 Å². The van der Waals surface area contributed by atoms with Crippen LogP contribution in [0.5, 0.6) is 0 Å². The normalized spacial score (nSPS) is 37.8. The minimum atomic E-state index is 0.851. The van der Waals surface area contributed by atoms with Gasteiger partial charge in [-0.05, 0) is 0 Å². The summed E-state index contributed by atoms with van der Waals surface area (Å²) in [5.41, 5.74) is 0. The maximum absolute atomic E-state index is 2.44. The molecular weight excluding hydrogens is 231 g/mol. The summed E-state index contributed by atoms with van der Waals surface area (Å²) in [6, 6.07) is 4.50. The molecule has 0 nitrogen and oxygen atoms in total. The number of fused-ring (bicyclic) bond motifs is 2. The summed E-state index contributed by atoms with van der Waals surface area (Å²) in [6.07, 6.45) is 6.33. The Hall–Kier alpha value is -0.0405. The van der Waals surface area contributed by atoms with Gasteiger partial charge in [-0.3, -0.25) is 0 Å². The van der Waals surface area contributed by atoms with Gasteiger partial charge in [0.2, 0.25) is 0 Å². The Balaban J connectivity index is 1.92. The van der Waals surface area contributed by atoms with Crippen LogP contribution in [0.2, 0.25) is 4.82 Å². The standard InChI is InChI=1S/C10H10SSe/c1-2-9(11-5-1)10-7-3-4-8(6-7)12-10/h1-5,7-8,10H,6H2/t7-,8+,10+/m1/s1. The fourth-order valence-electron chi connectivity index (χ4n) is 2.04. The van der Waals surface area contributed by atoms with Crippen LogP contribution in [0.3, 0.4) is 0 Å². The molecule has 0 spiro atoms. The summed E-state index contributed by atoms with van der Waals surface area (Å²) < 4.78 is 0. The molecule has 2 heteroatoms. The molecule has 1 aromatic rings. The summed E-state index contributed by atoms with van der Waals surface area (Å²) in [7, 11) is 0. The fourth-order valence-corrected chi connectivity index (χ4v) is 6.62. The molecule has 0 saturated carbocycles. The average Bonchev–Trinajstić information content (AvgIpc) is 2.81. The molecule has 0 unspecified atom stereocenters. The molecule has 0 amide bonds. The molecule has 1 aliphatic heterocycles. The first-order chi connectivity index (χ1) is 5.93. The Morgan fingerprint density at radius 1 is 1.42 bits per heavy atom. The van der Waals surface area contributed by atoms with Gasteiger partial charge in [-0.1, -0.05) is 0 Å². The van der Waals surface area contributed by atoms with E-state index in [9.17, 15) is 0 Å². The third-order valence-electron chi connectivity index (χ3n) is 2.61. The van der Waals surface area contributed by atoms with Gasteiger partial charge in [0.25, 0.3) is 0 Å². The number of hydrogen-bond acceptors (Lipinski definition) is 1. The fraction of sp³-hybridized carbons (Fsp3) is 0.400. The van der Waals surface area contributed by atoms with Gasteiger partial charge >= 0.3 is 82.8 Å². The van der Waals surface area contributed by atoms with Crippen molar-refractivity contribution >= 4 is 26.3 Å². The molecule has 0 radical (unpaired) electrons. The summed E-state index contributed by atoms with van der Waals surface area (Å²) in [6.45, 7) is 0. The van der Waals surface area contributed by atoms with Gasteiger partial charge in [0.05, 0.1) is 0 Å². The Morgan fingerprint density at radius 2 is 2.42 bits per heavy atom. The molecule has 1 saturated heterocycles. The van der Waals surface area contributed by atoms with Crippen LogP contribution in [0.25, 0.3) is 0 Å². The maximum atomic E-state index is 2.44. The van der Waals surface area contributed by atoms with Crippen molar-refractivity contribution in [1.82, 2.24) is 0 Å². The number of thiophene rings is 1. The van der Waals surface area contributed by atoms with E-state index >= 15 is 0 Å². The molecule has 3 atom stereocenters. The van der Waals surface area contributed by atoms with Gasteiger partial charge in [-0.15, -0.1) is 0 Å². The first kappa shape index (κ1) is 7.37. The predicted molar refractivity (Wildman–Crippen MR) is 53.8 cm³/mol. The molecule has 2 aliphatic rings. The zero-order valence-electron chi connectivity index (χ0n) is 6.64. The summed E-state index contributed by atoms with van der Waals surface area (Å²) >= 11 is 2.79. The molecule has 12 heavy (non-hydrogen) atoms. The summed E-state index contributed by atoms with van der Waals surface area (Å²) in [5.74, 6) is 0.897. The van der Waals surface area contributed by atoms with Crippen molar-refractivity contribution in [1.29, 1.82) is 0 Å². The third kappa shape index (κ3) is 1.02. The monoisotopic (exact) mass is 242 g/mol. The first-order valence-electron chi connectivity index (χ1n) is 4.31. The first-order valence-corrected chi connectivity index (χ1v) is 7.16. The van der Waals surface area contributed by atoms with Gasteiger partial charge in [-0.25, -0.2) is 0 Å². The van der Waals surface area contributed by atoms with Crippen molar-refractivity contribution < 1.29 is 0 Å². The van der Waals surface area contributed by atoms with Crippen LogP contribution in [-0.4, -0.2) is 15.0 Å². The number of rotatable bonds is 1. The molecular formula is C10H10SSe. The van der Waals surface area contributed by atoms with Gasteiger partial charge in [0, 0.05) is 0 Å². The van der Waals surface area contributed by atoms with Gasteiger partial charge < -0.3 is 0 Å². The van der Waals surface area contributed by atoms with Crippen LogP contribution in [0.15, 0.2) is 29.7 Å². The van der Waals surface area contributed by atoms with E-state index in [2.05, 4.69) is 29.7 Å². The molecule has 62 valence electrons. The molecule has 0 N–H and O–H groups in total. The predicted octanol–water partition coefficient (Wildman–Crippen LogP) is 2.87. The van der Waals surface area contributed by atoms with Crippen molar-refractivity contribution in [3.63, 3.8) is 0 Å². The number of allylic oxidation sites excluding steroid dienone is 2. The van der Waals surface area contributed by atoms with Crippen LogP contribution in [0, 0.1) is 5.92 Å². The third-order valence-corrected chi connectivity index (χ3v) is 7.25. The van der Waals surface area contributed by atoms with Gasteiger partial charge in [0.1, 0.15) is 0 Å². The zero-order chi connectivity index (χ0) is 7.97. The van der Waals surface area contributed by atoms with E-state index in [1.807, 2.05) is 11.3 Å². The summed E-state index contributed by atoms with van der Waals surface area (Å²) in [5, 5.41) is 2.21. The van der Waals surface area contributed by atoms with Crippen LogP contribution < -0.4 is 0 Å². The molecule has 1 aliphatic carbocycles. The average molecular weight is 241 g/mol. The minimum absolute atomic E-state index is 0.851. The molecule has 3 rings (SSSR count). The Kier molecular flexibility index (Phi) is 1.68.